The largest absolute Gasteiger partial charge is 0.493 e. The molecule has 0 radical (unpaired) electrons. The second-order valence-electron chi connectivity index (χ2n) is 2.90. The number of aliphatic hydroxyl groups is 1. The van der Waals surface area contributed by atoms with Crippen LogP contribution in [-0.2, 0) is 0 Å². The Morgan fingerprint density at radius 2 is 2.27 bits per heavy atom. The number of benzene rings is 1. The summed E-state index contributed by atoms with van der Waals surface area (Å²) >= 11 is 10.8. The second-order valence-corrected chi connectivity index (χ2v) is 3.75. The van der Waals surface area contributed by atoms with E-state index in [0.717, 1.165) is 0 Å². The Bertz CT molecular complexity index is 357. The first-order chi connectivity index (χ1) is 7.16. The minimum atomic E-state index is 0.0863. The Kier molecular flexibility index (Phi) is 4.81. The van der Waals surface area contributed by atoms with Crippen molar-refractivity contribution >= 4 is 28.8 Å². The maximum Gasteiger partial charge on any atom is 0.130 e. The molecule has 0 aliphatic heterocycles. The molecule has 3 N–H and O–H groups in total. The SMILES string of the molecule is NC(=S)c1c(Cl)cccc1OCCCO. The van der Waals surface area contributed by atoms with E-state index in [-0.39, 0.29) is 11.6 Å². The molecule has 0 saturated carbocycles. The minimum absolute atomic E-state index is 0.0863. The van der Waals surface area contributed by atoms with Crippen molar-refractivity contribution in [3.05, 3.63) is 28.8 Å². The highest BCUT2D eigenvalue weighted by Gasteiger charge is 2.10. The lowest BCUT2D eigenvalue weighted by Gasteiger charge is -2.11. The molecule has 82 valence electrons. The summed E-state index contributed by atoms with van der Waals surface area (Å²) in [6, 6.07) is 5.21. The third kappa shape index (κ3) is 3.34. The fourth-order valence-corrected chi connectivity index (χ4v) is 1.64. The van der Waals surface area contributed by atoms with Gasteiger partial charge in [0.1, 0.15) is 10.7 Å². The van der Waals surface area contributed by atoms with Gasteiger partial charge in [-0.3, -0.25) is 0 Å². The van der Waals surface area contributed by atoms with Gasteiger partial charge in [0, 0.05) is 13.0 Å². The van der Waals surface area contributed by atoms with E-state index in [1.165, 1.54) is 0 Å². The third-order valence-corrected chi connectivity index (χ3v) is 2.30. The summed E-state index contributed by atoms with van der Waals surface area (Å²) in [7, 11) is 0. The lowest BCUT2D eigenvalue weighted by molar-refractivity contribution is 0.233. The van der Waals surface area contributed by atoms with Crippen molar-refractivity contribution in [3.8, 4) is 5.75 Å². The van der Waals surface area contributed by atoms with Gasteiger partial charge in [-0.15, -0.1) is 0 Å². The molecular weight excluding hydrogens is 234 g/mol. The number of nitrogens with two attached hydrogens (primary N) is 1. The van der Waals surface area contributed by atoms with E-state index in [2.05, 4.69) is 0 Å². The summed E-state index contributed by atoms with van der Waals surface area (Å²) in [6.07, 6.45) is 0.559. The van der Waals surface area contributed by atoms with Gasteiger partial charge in [0.2, 0.25) is 0 Å². The van der Waals surface area contributed by atoms with Crippen LogP contribution in [0.3, 0.4) is 0 Å². The van der Waals surface area contributed by atoms with Crippen LogP contribution < -0.4 is 10.5 Å². The Labute approximate surface area is 98.8 Å². The van der Waals surface area contributed by atoms with Gasteiger partial charge in [-0.1, -0.05) is 29.9 Å². The highest BCUT2D eigenvalue weighted by atomic mass is 35.5. The summed E-state index contributed by atoms with van der Waals surface area (Å²) in [6.45, 7) is 0.495. The van der Waals surface area contributed by atoms with Crippen molar-refractivity contribution in [2.75, 3.05) is 13.2 Å². The average molecular weight is 246 g/mol. The summed E-state index contributed by atoms with van der Waals surface area (Å²) in [5.74, 6) is 0.559. The van der Waals surface area contributed by atoms with Crippen molar-refractivity contribution in [2.24, 2.45) is 5.73 Å². The lowest BCUT2D eigenvalue weighted by atomic mass is 10.2. The number of halogens is 1. The van der Waals surface area contributed by atoms with Gasteiger partial charge in [0.15, 0.2) is 0 Å². The Morgan fingerprint density at radius 3 is 2.87 bits per heavy atom. The van der Waals surface area contributed by atoms with Crippen LogP contribution in [0.25, 0.3) is 0 Å². The Balaban J connectivity index is 2.86. The molecule has 0 spiro atoms. The fourth-order valence-electron chi connectivity index (χ4n) is 1.11. The number of aliphatic hydroxyl groups excluding tert-OH is 1. The monoisotopic (exact) mass is 245 g/mol. The summed E-state index contributed by atoms with van der Waals surface area (Å²) in [5, 5.41) is 9.10. The topological polar surface area (TPSA) is 55.5 Å². The first-order valence-electron chi connectivity index (χ1n) is 4.48. The van der Waals surface area contributed by atoms with Gasteiger partial charge < -0.3 is 15.6 Å². The van der Waals surface area contributed by atoms with Crippen LogP contribution in [0.1, 0.15) is 12.0 Å². The Hall–Kier alpha value is -0.840. The number of hydrogen-bond donors (Lipinski definition) is 2. The van der Waals surface area contributed by atoms with Crippen LogP contribution in [0.5, 0.6) is 5.75 Å². The van der Waals surface area contributed by atoms with E-state index < -0.39 is 0 Å². The normalized spacial score (nSPS) is 10.0. The zero-order valence-corrected chi connectivity index (χ0v) is 9.64. The molecule has 0 amide bonds. The molecule has 0 aliphatic carbocycles. The van der Waals surface area contributed by atoms with Crippen molar-refractivity contribution in [1.29, 1.82) is 0 Å². The molecule has 1 aromatic rings. The quantitative estimate of drug-likeness (QED) is 0.613. The standard InChI is InChI=1S/C10H12ClNO2S/c11-7-3-1-4-8(9(7)10(12)15)14-6-2-5-13/h1,3-4,13H,2,5-6H2,(H2,12,15). The van der Waals surface area contributed by atoms with E-state index in [4.69, 9.17) is 39.4 Å². The molecule has 0 atom stereocenters. The van der Waals surface area contributed by atoms with Crippen molar-refractivity contribution in [3.63, 3.8) is 0 Å². The predicted octanol–water partition coefficient (Wildman–Crippen LogP) is 1.74. The lowest BCUT2D eigenvalue weighted by Crippen LogP contribution is -2.13. The summed E-state index contributed by atoms with van der Waals surface area (Å²) < 4.78 is 5.41. The predicted molar refractivity (Wildman–Crippen MR) is 64.5 cm³/mol. The molecule has 0 heterocycles. The molecule has 0 bridgehead atoms. The van der Waals surface area contributed by atoms with Gasteiger partial charge in [-0.2, -0.15) is 0 Å². The van der Waals surface area contributed by atoms with Crippen LogP contribution in [0, 0.1) is 0 Å². The zero-order valence-electron chi connectivity index (χ0n) is 8.07. The van der Waals surface area contributed by atoms with Crippen LogP contribution in [-0.4, -0.2) is 23.3 Å². The highest BCUT2D eigenvalue weighted by Crippen LogP contribution is 2.26. The van der Waals surface area contributed by atoms with Gasteiger partial charge in [-0.25, -0.2) is 0 Å². The van der Waals surface area contributed by atoms with Gasteiger partial charge in [-0.05, 0) is 12.1 Å². The van der Waals surface area contributed by atoms with Crippen LogP contribution in [0.15, 0.2) is 18.2 Å². The molecule has 0 aromatic heterocycles. The fraction of sp³-hybridized carbons (Fsp3) is 0.300. The highest BCUT2D eigenvalue weighted by molar-refractivity contribution is 7.80. The third-order valence-electron chi connectivity index (χ3n) is 1.78. The van der Waals surface area contributed by atoms with E-state index in [1.807, 2.05) is 0 Å². The molecule has 0 unspecified atom stereocenters. The van der Waals surface area contributed by atoms with Crippen LogP contribution >= 0.6 is 23.8 Å². The maximum atomic E-state index is 8.62. The number of ether oxygens (including phenoxy) is 1. The smallest absolute Gasteiger partial charge is 0.130 e. The van der Waals surface area contributed by atoms with Gasteiger partial charge >= 0.3 is 0 Å². The number of hydrogen-bond acceptors (Lipinski definition) is 3. The summed E-state index contributed by atoms with van der Waals surface area (Å²) in [4.78, 5) is 0.208. The number of rotatable bonds is 5. The minimum Gasteiger partial charge on any atom is -0.493 e. The number of thiocarbonyl (C=S) groups is 1. The van der Waals surface area contributed by atoms with Crippen molar-refractivity contribution in [1.82, 2.24) is 0 Å². The molecule has 15 heavy (non-hydrogen) atoms. The first kappa shape index (κ1) is 12.2. The van der Waals surface area contributed by atoms with E-state index in [1.54, 1.807) is 18.2 Å². The maximum absolute atomic E-state index is 8.62. The zero-order chi connectivity index (χ0) is 11.3. The Morgan fingerprint density at radius 1 is 1.53 bits per heavy atom. The van der Waals surface area contributed by atoms with Crippen LogP contribution in [0.4, 0.5) is 0 Å². The molecule has 1 rings (SSSR count). The van der Waals surface area contributed by atoms with E-state index >= 15 is 0 Å². The molecule has 5 heteroatoms. The van der Waals surface area contributed by atoms with Crippen molar-refractivity contribution in [2.45, 2.75) is 6.42 Å². The van der Waals surface area contributed by atoms with E-state index in [9.17, 15) is 0 Å². The average Bonchev–Trinajstić information content (AvgIpc) is 2.17. The van der Waals surface area contributed by atoms with Crippen LogP contribution in [0.2, 0.25) is 5.02 Å². The molecule has 3 nitrogen and oxygen atoms in total. The second kappa shape index (κ2) is 5.90. The van der Waals surface area contributed by atoms with E-state index in [0.29, 0.717) is 29.4 Å². The van der Waals surface area contributed by atoms with Gasteiger partial charge in [0.25, 0.3) is 0 Å². The van der Waals surface area contributed by atoms with Gasteiger partial charge in [0.05, 0.1) is 17.2 Å². The summed E-state index contributed by atoms with van der Waals surface area (Å²) in [5.41, 5.74) is 6.09. The molecule has 0 aliphatic rings. The molecular formula is C10H12ClNO2S. The molecule has 0 fully saturated rings. The van der Waals surface area contributed by atoms with Crippen molar-refractivity contribution < 1.29 is 9.84 Å². The molecule has 0 saturated heterocycles. The first-order valence-corrected chi connectivity index (χ1v) is 5.27. The molecule has 1 aromatic carbocycles.